The molecule has 2 atom stereocenters. The Morgan fingerprint density at radius 1 is 0.736 bits per heavy atom. The second-order valence-corrected chi connectivity index (χ2v) is 11.5. The van der Waals surface area contributed by atoms with E-state index in [4.69, 9.17) is 34.2 Å². The lowest BCUT2D eigenvalue weighted by atomic mass is 10.1. The van der Waals surface area contributed by atoms with Crippen molar-refractivity contribution in [2.45, 2.75) is 65.7 Å². The van der Waals surface area contributed by atoms with E-state index in [1.54, 1.807) is 6.92 Å². The number of amides is 2. The highest BCUT2D eigenvalue weighted by atomic mass is 16.6. The Labute approximate surface area is 312 Å². The molecular formula is C38H57N3O12. The van der Waals surface area contributed by atoms with Gasteiger partial charge in [0.15, 0.2) is 0 Å². The highest BCUT2D eigenvalue weighted by molar-refractivity contribution is 5.97. The van der Waals surface area contributed by atoms with E-state index < -0.39 is 30.0 Å². The Balaban J connectivity index is 0.000000436. The zero-order valence-corrected chi connectivity index (χ0v) is 31.2. The molecule has 2 amide bonds. The number of esters is 3. The molecule has 0 bridgehead atoms. The fourth-order valence-corrected chi connectivity index (χ4v) is 4.07. The first kappa shape index (κ1) is 46.6. The van der Waals surface area contributed by atoms with E-state index in [1.807, 2.05) is 60.7 Å². The minimum absolute atomic E-state index is 0.0599. The van der Waals surface area contributed by atoms with Gasteiger partial charge in [-0.15, -0.1) is 0 Å². The first-order valence-corrected chi connectivity index (χ1v) is 17.9. The van der Waals surface area contributed by atoms with E-state index >= 15 is 0 Å². The van der Waals surface area contributed by atoms with E-state index in [0.29, 0.717) is 52.7 Å². The maximum absolute atomic E-state index is 11.9. The summed E-state index contributed by atoms with van der Waals surface area (Å²) < 4.78 is 35.3. The quantitative estimate of drug-likeness (QED) is 0.0611. The molecule has 2 unspecified atom stereocenters. The van der Waals surface area contributed by atoms with Gasteiger partial charge in [0.1, 0.15) is 19.3 Å². The van der Waals surface area contributed by atoms with E-state index in [1.165, 1.54) is 0 Å². The molecular weight excluding hydrogens is 690 g/mol. The van der Waals surface area contributed by atoms with Crippen LogP contribution in [0.1, 0.15) is 57.6 Å². The van der Waals surface area contributed by atoms with E-state index in [-0.39, 0.29) is 37.9 Å². The number of alkyl carbamates (subject to hydrolysis) is 1. The van der Waals surface area contributed by atoms with Crippen LogP contribution in [0.25, 0.3) is 0 Å². The molecule has 0 saturated carbocycles. The molecule has 15 nitrogen and oxygen atoms in total. The zero-order valence-electron chi connectivity index (χ0n) is 31.2. The number of carbonyl (C=O) groups excluding carboxylic acids is 5. The largest absolute Gasteiger partial charge is 0.461 e. The van der Waals surface area contributed by atoms with Gasteiger partial charge < -0.3 is 49.5 Å². The monoisotopic (exact) mass is 747 g/mol. The van der Waals surface area contributed by atoms with Gasteiger partial charge in [-0.05, 0) is 24.0 Å². The lowest BCUT2D eigenvalue weighted by molar-refractivity contribution is -0.148. The van der Waals surface area contributed by atoms with Crippen molar-refractivity contribution >= 4 is 29.9 Å². The molecule has 4 N–H and O–H groups in total. The maximum Gasteiger partial charge on any atom is 0.415 e. The third kappa shape index (κ3) is 25.2. The average Bonchev–Trinajstić information content (AvgIpc) is 3.48. The molecule has 0 spiro atoms. The number of hydrogen-bond donors (Lipinski definition) is 3. The molecule has 1 aliphatic rings. The summed E-state index contributed by atoms with van der Waals surface area (Å²) in [4.78, 5) is 57.0. The maximum atomic E-state index is 11.9. The van der Waals surface area contributed by atoms with Crippen molar-refractivity contribution in [2.24, 2.45) is 11.7 Å². The lowest BCUT2D eigenvalue weighted by Gasteiger charge is -2.12. The van der Waals surface area contributed by atoms with Crippen molar-refractivity contribution in [2.75, 3.05) is 65.9 Å². The molecule has 1 aliphatic heterocycles. The minimum atomic E-state index is -0.944. The van der Waals surface area contributed by atoms with Crippen LogP contribution >= 0.6 is 0 Å². The molecule has 296 valence electrons. The van der Waals surface area contributed by atoms with Gasteiger partial charge in [0, 0.05) is 32.2 Å². The number of rotatable bonds is 24. The second kappa shape index (κ2) is 31.1. The van der Waals surface area contributed by atoms with Crippen molar-refractivity contribution in [1.82, 2.24) is 10.6 Å². The number of nitrogens with two attached hydrogens (primary N) is 1. The summed E-state index contributed by atoms with van der Waals surface area (Å²) in [6, 6.07) is 17.7. The number of cyclic esters (lactones) is 2. The Morgan fingerprint density at radius 3 is 1.70 bits per heavy atom. The second-order valence-electron chi connectivity index (χ2n) is 11.5. The molecule has 3 rings (SSSR count). The molecule has 0 aromatic heterocycles. The number of carbonyl (C=O) groups is 5. The van der Waals surface area contributed by atoms with E-state index in [0.717, 1.165) is 37.2 Å². The normalized spacial score (nSPS) is 13.6. The molecule has 53 heavy (non-hydrogen) atoms. The Bertz CT molecular complexity index is 1280. The van der Waals surface area contributed by atoms with Gasteiger partial charge in [0.05, 0.1) is 52.5 Å². The summed E-state index contributed by atoms with van der Waals surface area (Å²) >= 11 is 0. The predicted octanol–water partition coefficient (Wildman–Crippen LogP) is 3.46. The molecule has 2 aromatic rings. The molecule has 0 aliphatic carbocycles. The highest BCUT2D eigenvalue weighted by Gasteiger charge is 2.34. The topological polar surface area (TPSA) is 200 Å². The fourth-order valence-electron chi connectivity index (χ4n) is 4.07. The smallest absolute Gasteiger partial charge is 0.415 e. The number of ether oxygens (including phenoxy) is 7. The van der Waals surface area contributed by atoms with Gasteiger partial charge in [0.2, 0.25) is 5.91 Å². The van der Waals surface area contributed by atoms with Gasteiger partial charge in [-0.25, -0.2) is 9.59 Å². The van der Waals surface area contributed by atoms with Crippen LogP contribution in [-0.2, 0) is 65.5 Å². The molecule has 2 aromatic carbocycles. The fraction of sp³-hybridized carbons (Fsp3) is 0.553. The average molecular weight is 748 g/mol. The third-order valence-corrected chi connectivity index (χ3v) is 6.80. The summed E-state index contributed by atoms with van der Waals surface area (Å²) in [5.41, 5.74) is 6.98. The molecule has 15 heteroatoms. The number of hydrogen-bond acceptors (Lipinski definition) is 13. The van der Waals surface area contributed by atoms with Gasteiger partial charge in [-0.2, -0.15) is 0 Å². The van der Waals surface area contributed by atoms with Crippen molar-refractivity contribution in [1.29, 1.82) is 0 Å². The lowest BCUT2D eigenvalue weighted by Crippen LogP contribution is -2.33. The van der Waals surface area contributed by atoms with Crippen molar-refractivity contribution in [3.05, 3.63) is 71.8 Å². The summed E-state index contributed by atoms with van der Waals surface area (Å²) in [7, 11) is 0. The first-order valence-electron chi connectivity index (χ1n) is 17.9. The summed E-state index contributed by atoms with van der Waals surface area (Å²) in [5.74, 6) is -2.31. The van der Waals surface area contributed by atoms with Crippen molar-refractivity contribution in [3.8, 4) is 0 Å². The minimum Gasteiger partial charge on any atom is -0.461 e. The van der Waals surface area contributed by atoms with Gasteiger partial charge in [-0.3, -0.25) is 14.4 Å². The molecule has 1 heterocycles. The number of benzene rings is 2. The van der Waals surface area contributed by atoms with Crippen LogP contribution in [0.2, 0.25) is 0 Å². The van der Waals surface area contributed by atoms with E-state index in [2.05, 4.69) is 29.2 Å². The number of nitrogens with one attached hydrogen (secondary N) is 2. The van der Waals surface area contributed by atoms with Crippen LogP contribution < -0.4 is 16.4 Å². The zero-order chi connectivity index (χ0) is 38.9. The summed E-state index contributed by atoms with van der Waals surface area (Å²) in [5, 5.41) is 4.97. The van der Waals surface area contributed by atoms with Crippen molar-refractivity contribution in [3.63, 3.8) is 0 Å². The highest BCUT2D eigenvalue weighted by Crippen LogP contribution is 2.08. The standard InChI is InChI=1S/C19H29NO5.C12H11NO5.C7H17NO2/c1-3-10-23-12-13-24-11-9-20-19(22)16(2)14-18(21)25-15-17-7-5-4-6-8-17;14-10(6-9-11(15)18-12(16)13-9)17-7-8-4-2-1-3-5-8;1-2-4-9-6-7-10-5-3-8/h4-8,16H,3,9-15H2,1-2H3,(H,20,22);1-5,9H,6-7H2,(H,13,16);2-8H2,1H3. The van der Waals surface area contributed by atoms with E-state index in [9.17, 15) is 24.0 Å². The first-order chi connectivity index (χ1) is 25.7. The Hall–Kier alpha value is -4.41. The third-order valence-electron chi connectivity index (χ3n) is 6.80. The van der Waals surface area contributed by atoms with Crippen LogP contribution in [-0.4, -0.2) is 102 Å². The Morgan fingerprint density at radius 2 is 1.23 bits per heavy atom. The molecule has 1 saturated heterocycles. The van der Waals surface area contributed by atoms with Crippen molar-refractivity contribution < 1.29 is 57.1 Å². The van der Waals surface area contributed by atoms with Gasteiger partial charge in [0.25, 0.3) is 0 Å². The van der Waals surface area contributed by atoms with Crippen LogP contribution in [0.4, 0.5) is 4.79 Å². The van der Waals surface area contributed by atoms with Gasteiger partial charge in [-0.1, -0.05) is 81.4 Å². The molecule has 0 radical (unpaired) electrons. The van der Waals surface area contributed by atoms with Crippen LogP contribution in [0.15, 0.2) is 60.7 Å². The van der Waals surface area contributed by atoms with Gasteiger partial charge >= 0.3 is 24.0 Å². The summed E-state index contributed by atoms with van der Waals surface area (Å²) in [6.45, 7) is 12.2. The SMILES string of the molecule is CCCOCCOCCN.CCCOCCOCCNC(=O)C(C)CC(=O)OCc1ccccc1.O=C(CC1NC(=O)OC1=O)OCc1ccccc1. The van der Waals surface area contributed by atoms with Crippen LogP contribution in [0.5, 0.6) is 0 Å². The Kier molecular flexibility index (Phi) is 27.4. The predicted molar refractivity (Wildman–Crippen MR) is 195 cm³/mol. The van der Waals surface area contributed by atoms with Crippen LogP contribution in [0, 0.1) is 5.92 Å². The molecule has 1 fully saturated rings. The van der Waals surface area contributed by atoms with Crippen LogP contribution in [0.3, 0.4) is 0 Å². The summed E-state index contributed by atoms with van der Waals surface area (Å²) in [6.07, 6.45) is 1.06.